The van der Waals surface area contributed by atoms with Crippen LogP contribution in [-0.4, -0.2) is 24.9 Å². The number of carbonyl (C=O) groups is 2. The lowest BCUT2D eigenvalue weighted by molar-refractivity contribution is -0.130. The Morgan fingerprint density at radius 1 is 1.12 bits per heavy atom. The molecule has 1 aliphatic heterocycles. The third kappa shape index (κ3) is 2.49. The van der Waals surface area contributed by atoms with Crippen LogP contribution in [0.25, 0.3) is 0 Å². The first-order chi connectivity index (χ1) is 7.97. The quantitative estimate of drug-likeness (QED) is 0.800. The Kier molecular flexibility index (Phi) is 3.19. The molecule has 1 N–H and O–H groups in total. The van der Waals surface area contributed by atoms with E-state index in [0.717, 1.165) is 21.3 Å². The number of aryl methyl sites for hydroxylation is 2. The highest BCUT2D eigenvalue weighted by molar-refractivity contribution is 9.10. The summed E-state index contributed by atoms with van der Waals surface area (Å²) in [6, 6.07) is 3.97. The van der Waals surface area contributed by atoms with E-state index in [1.807, 2.05) is 30.9 Å². The van der Waals surface area contributed by atoms with Crippen molar-refractivity contribution in [2.24, 2.45) is 0 Å². The normalized spacial score (nSPS) is 16.1. The van der Waals surface area contributed by atoms with Gasteiger partial charge in [-0.25, -0.2) is 0 Å². The molecule has 4 nitrogen and oxygen atoms in total. The van der Waals surface area contributed by atoms with Crippen LogP contribution in [-0.2, 0) is 9.59 Å². The van der Waals surface area contributed by atoms with Gasteiger partial charge in [-0.15, -0.1) is 0 Å². The first kappa shape index (κ1) is 12.1. The highest BCUT2D eigenvalue weighted by Crippen LogP contribution is 2.28. The van der Waals surface area contributed by atoms with E-state index < -0.39 is 0 Å². The van der Waals surface area contributed by atoms with Crippen LogP contribution in [0, 0.1) is 13.8 Å². The molecule has 2 amide bonds. The fourth-order valence-corrected chi connectivity index (χ4v) is 2.88. The number of anilines is 1. The molecule has 17 heavy (non-hydrogen) atoms. The summed E-state index contributed by atoms with van der Waals surface area (Å²) in [7, 11) is 0. The second-order valence-corrected chi connectivity index (χ2v) is 5.13. The number of piperazine rings is 1. The summed E-state index contributed by atoms with van der Waals surface area (Å²) >= 11 is 3.43. The summed E-state index contributed by atoms with van der Waals surface area (Å²) in [5, 5.41) is 2.30. The number of halogens is 1. The van der Waals surface area contributed by atoms with E-state index in [-0.39, 0.29) is 24.9 Å². The molecular formula is C12H13BrN2O2. The van der Waals surface area contributed by atoms with Crippen LogP contribution in [0.4, 0.5) is 5.69 Å². The van der Waals surface area contributed by atoms with Crippen LogP contribution in [0.2, 0.25) is 0 Å². The summed E-state index contributed by atoms with van der Waals surface area (Å²) < 4.78 is 1.00. The second kappa shape index (κ2) is 4.49. The smallest absolute Gasteiger partial charge is 0.246 e. The number of benzene rings is 1. The van der Waals surface area contributed by atoms with Crippen molar-refractivity contribution in [1.82, 2.24) is 5.32 Å². The first-order valence-electron chi connectivity index (χ1n) is 5.32. The van der Waals surface area contributed by atoms with Gasteiger partial charge in [-0.2, -0.15) is 0 Å². The Balaban J connectivity index is 2.40. The molecule has 1 aromatic rings. The van der Waals surface area contributed by atoms with Crippen molar-refractivity contribution in [3.8, 4) is 0 Å². The van der Waals surface area contributed by atoms with Crippen molar-refractivity contribution in [3.05, 3.63) is 27.7 Å². The van der Waals surface area contributed by atoms with Crippen LogP contribution < -0.4 is 10.2 Å². The maximum Gasteiger partial charge on any atom is 0.246 e. The van der Waals surface area contributed by atoms with Gasteiger partial charge in [-0.05, 0) is 37.1 Å². The van der Waals surface area contributed by atoms with Gasteiger partial charge < -0.3 is 4.90 Å². The fourth-order valence-electron chi connectivity index (χ4n) is 2.20. The SMILES string of the molecule is Cc1cc(Br)cc(C)c1N1CC(=O)NC(=O)C1. The minimum absolute atomic E-state index is 0.231. The predicted octanol–water partition coefficient (Wildman–Crippen LogP) is 1.53. The Bertz CT molecular complexity index is 460. The van der Waals surface area contributed by atoms with Gasteiger partial charge in [0.05, 0.1) is 13.1 Å². The monoisotopic (exact) mass is 296 g/mol. The standard InChI is InChI=1S/C12H13BrN2O2/c1-7-3-9(13)4-8(2)12(7)15-5-10(16)14-11(17)6-15/h3-4H,5-6H2,1-2H3,(H,14,16,17). The molecule has 0 bridgehead atoms. The molecule has 0 aromatic heterocycles. The molecular weight excluding hydrogens is 284 g/mol. The number of nitrogens with one attached hydrogen (secondary N) is 1. The second-order valence-electron chi connectivity index (χ2n) is 4.22. The number of rotatable bonds is 1. The molecule has 5 heteroatoms. The molecule has 1 aliphatic rings. The topological polar surface area (TPSA) is 49.4 Å². The minimum atomic E-state index is -0.247. The van der Waals surface area contributed by atoms with Crippen molar-refractivity contribution in [2.45, 2.75) is 13.8 Å². The minimum Gasteiger partial charge on any atom is -0.352 e. The van der Waals surface area contributed by atoms with Gasteiger partial charge in [-0.3, -0.25) is 14.9 Å². The number of amides is 2. The van der Waals surface area contributed by atoms with Crippen molar-refractivity contribution in [3.63, 3.8) is 0 Å². The van der Waals surface area contributed by atoms with E-state index in [1.165, 1.54) is 0 Å². The lowest BCUT2D eigenvalue weighted by Gasteiger charge is -2.30. The Labute approximate surface area is 108 Å². The van der Waals surface area contributed by atoms with Crippen LogP contribution >= 0.6 is 15.9 Å². The maximum absolute atomic E-state index is 11.4. The van der Waals surface area contributed by atoms with Crippen LogP contribution in [0.5, 0.6) is 0 Å². The Morgan fingerprint density at radius 3 is 2.06 bits per heavy atom. The van der Waals surface area contributed by atoms with Gasteiger partial charge in [0.25, 0.3) is 0 Å². The molecule has 90 valence electrons. The summed E-state index contributed by atoms with van der Waals surface area (Å²) in [4.78, 5) is 24.5. The first-order valence-corrected chi connectivity index (χ1v) is 6.11. The van der Waals surface area contributed by atoms with E-state index in [9.17, 15) is 9.59 Å². The van der Waals surface area contributed by atoms with Gasteiger partial charge in [0.1, 0.15) is 0 Å². The molecule has 1 saturated heterocycles. The summed E-state index contributed by atoms with van der Waals surface area (Å²) in [6.07, 6.45) is 0. The number of imide groups is 1. The van der Waals surface area contributed by atoms with E-state index in [1.54, 1.807) is 0 Å². The van der Waals surface area contributed by atoms with Gasteiger partial charge in [-0.1, -0.05) is 15.9 Å². The molecule has 1 heterocycles. The number of carbonyl (C=O) groups excluding carboxylic acids is 2. The zero-order valence-electron chi connectivity index (χ0n) is 9.71. The van der Waals surface area contributed by atoms with Gasteiger partial charge >= 0.3 is 0 Å². The number of hydrogen-bond acceptors (Lipinski definition) is 3. The predicted molar refractivity (Wildman–Crippen MR) is 69.0 cm³/mol. The van der Waals surface area contributed by atoms with Crippen molar-refractivity contribution in [2.75, 3.05) is 18.0 Å². The average molecular weight is 297 g/mol. The number of hydrogen-bond donors (Lipinski definition) is 1. The maximum atomic E-state index is 11.4. The van der Waals surface area contributed by atoms with E-state index >= 15 is 0 Å². The van der Waals surface area contributed by atoms with Gasteiger partial charge in [0, 0.05) is 10.2 Å². The lowest BCUT2D eigenvalue weighted by atomic mass is 10.1. The molecule has 0 radical (unpaired) electrons. The van der Waals surface area contributed by atoms with Crippen molar-refractivity contribution < 1.29 is 9.59 Å². The summed E-state index contributed by atoms with van der Waals surface area (Å²) in [5.41, 5.74) is 3.08. The average Bonchev–Trinajstić information content (AvgIpc) is 2.13. The van der Waals surface area contributed by atoms with Crippen molar-refractivity contribution in [1.29, 1.82) is 0 Å². The van der Waals surface area contributed by atoms with Gasteiger partial charge in [0.15, 0.2) is 0 Å². The van der Waals surface area contributed by atoms with Crippen LogP contribution in [0.1, 0.15) is 11.1 Å². The van der Waals surface area contributed by atoms with Crippen LogP contribution in [0.15, 0.2) is 16.6 Å². The molecule has 1 fully saturated rings. The molecule has 2 rings (SSSR count). The van der Waals surface area contributed by atoms with Crippen molar-refractivity contribution >= 4 is 33.4 Å². The molecule has 1 aromatic carbocycles. The zero-order chi connectivity index (χ0) is 12.6. The summed E-state index contributed by atoms with van der Waals surface area (Å²) in [5.74, 6) is -0.495. The number of nitrogens with zero attached hydrogens (tertiary/aromatic N) is 1. The third-order valence-electron chi connectivity index (χ3n) is 2.72. The van der Waals surface area contributed by atoms with E-state index in [4.69, 9.17) is 0 Å². The molecule has 0 unspecified atom stereocenters. The largest absolute Gasteiger partial charge is 0.352 e. The molecule has 0 atom stereocenters. The van der Waals surface area contributed by atoms with Crippen LogP contribution in [0.3, 0.4) is 0 Å². The third-order valence-corrected chi connectivity index (χ3v) is 3.18. The summed E-state index contributed by atoms with van der Waals surface area (Å²) in [6.45, 7) is 4.41. The zero-order valence-corrected chi connectivity index (χ0v) is 11.3. The Hall–Kier alpha value is -1.36. The lowest BCUT2D eigenvalue weighted by Crippen LogP contribution is -2.51. The van der Waals surface area contributed by atoms with Gasteiger partial charge in [0.2, 0.25) is 11.8 Å². The molecule has 0 spiro atoms. The fraction of sp³-hybridized carbons (Fsp3) is 0.333. The van der Waals surface area contributed by atoms with E-state index in [0.29, 0.717) is 0 Å². The highest BCUT2D eigenvalue weighted by Gasteiger charge is 2.24. The Morgan fingerprint density at radius 2 is 1.59 bits per heavy atom. The molecule has 0 aliphatic carbocycles. The highest BCUT2D eigenvalue weighted by atomic mass is 79.9. The molecule has 0 saturated carbocycles. The van der Waals surface area contributed by atoms with E-state index in [2.05, 4.69) is 21.2 Å².